The van der Waals surface area contributed by atoms with Crippen molar-refractivity contribution in [3.8, 4) is 5.88 Å². The molecule has 0 bridgehead atoms. The maximum atomic E-state index is 12.7. The maximum absolute atomic E-state index is 12.7. The SMILES string of the molecule is COc1ncccc1C(=O)N1CC2(C[C@H](OCc3ccncc3)CS2)C1. The van der Waals surface area contributed by atoms with E-state index < -0.39 is 0 Å². The van der Waals surface area contributed by atoms with Gasteiger partial charge in [0.15, 0.2) is 0 Å². The number of aromatic nitrogens is 2. The van der Waals surface area contributed by atoms with E-state index in [4.69, 9.17) is 9.47 Å². The smallest absolute Gasteiger partial charge is 0.259 e. The van der Waals surface area contributed by atoms with Crippen molar-refractivity contribution in [1.29, 1.82) is 0 Å². The quantitative estimate of drug-likeness (QED) is 0.804. The number of likely N-dealkylation sites (tertiary alicyclic amines) is 1. The molecule has 4 rings (SSSR count). The molecule has 2 aromatic heterocycles. The second-order valence-electron chi connectivity index (χ2n) is 6.71. The molecule has 2 fully saturated rings. The predicted molar refractivity (Wildman–Crippen MR) is 99.3 cm³/mol. The van der Waals surface area contributed by atoms with Crippen LogP contribution in [0.15, 0.2) is 42.9 Å². The maximum Gasteiger partial charge on any atom is 0.259 e. The second-order valence-corrected chi connectivity index (χ2v) is 8.20. The van der Waals surface area contributed by atoms with Crippen molar-refractivity contribution in [3.05, 3.63) is 54.0 Å². The zero-order valence-corrected chi connectivity index (χ0v) is 15.4. The van der Waals surface area contributed by atoms with E-state index in [1.807, 2.05) is 28.8 Å². The fourth-order valence-corrected chi connectivity index (χ4v) is 5.05. The Morgan fingerprint density at radius 3 is 2.88 bits per heavy atom. The number of ether oxygens (including phenoxy) is 2. The highest BCUT2D eigenvalue weighted by molar-refractivity contribution is 8.01. The van der Waals surface area contributed by atoms with Crippen molar-refractivity contribution in [1.82, 2.24) is 14.9 Å². The average molecular weight is 371 g/mol. The van der Waals surface area contributed by atoms with Gasteiger partial charge in [-0.15, -0.1) is 11.8 Å². The number of nitrogens with zero attached hydrogens (tertiary/aromatic N) is 3. The molecule has 1 amide bonds. The van der Waals surface area contributed by atoms with E-state index in [1.54, 1.807) is 30.7 Å². The van der Waals surface area contributed by atoms with Crippen molar-refractivity contribution in [2.45, 2.75) is 23.9 Å². The van der Waals surface area contributed by atoms with Gasteiger partial charge in [0.2, 0.25) is 5.88 Å². The molecular weight excluding hydrogens is 350 g/mol. The minimum atomic E-state index is -0.0117. The van der Waals surface area contributed by atoms with Crippen LogP contribution in [0.4, 0.5) is 0 Å². The first kappa shape index (κ1) is 17.3. The van der Waals surface area contributed by atoms with Crippen molar-refractivity contribution in [3.63, 3.8) is 0 Å². The number of carbonyl (C=O) groups is 1. The van der Waals surface area contributed by atoms with Crippen molar-refractivity contribution >= 4 is 17.7 Å². The van der Waals surface area contributed by atoms with Crippen LogP contribution in [0.2, 0.25) is 0 Å². The molecule has 0 saturated carbocycles. The van der Waals surface area contributed by atoms with Crippen molar-refractivity contribution in [2.75, 3.05) is 26.0 Å². The third-order valence-electron chi connectivity index (χ3n) is 4.85. The molecule has 0 unspecified atom stereocenters. The van der Waals surface area contributed by atoms with Gasteiger partial charge < -0.3 is 14.4 Å². The van der Waals surface area contributed by atoms with E-state index in [9.17, 15) is 4.79 Å². The summed E-state index contributed by atoms with van der Waals surface area (Å²) in [6.45, 7) is 2.12. The van der Waals surface area contributed by atoms with Crippen molar-refractivity contribution in [2.24, 2.45) is 0 Å². The standard InChI is InChI=1S/C19H21N3O3S/c1-24-17-16(3-2-6-21-17)18(23)22-12-19(13-22)9-15(11-26-19)25-10-14-4-7-20-8-5-14/h2-8,15H,9-13H2,1H3/t15-/m0/s1. The number of hydrogen-bond donors (Lipinski definition) is 0. The summed E-state index contributed by atoms with van der Waals surface area (Å²) in [4.78, 5) is 22.7. The number of carbonyl (C=O) groups excluding carboxylic acids is 1. The third-order valence-corrected chi connectivity index (χ3v) is 6.43. The summed E-state index contributed by atoms with van der Waals surface area (Å²) in [5.74, 6) is 1.35. The van der Waals surface area contributed by atoms with E-state index in [0.29, 0.717) is 18.1 Å². The number of methoxy groups -OCH3 is 1. The zero-order chi connectivity index (χ0) is 18.0. The first-order valence-corrected chi connectivity index (χ1v) is 9.60. The van der Waals surface area contributed by atoms with Gasteiger partial charge in [0.1, 0.15) is 5.56 Å². The third kappa shape index (κ3) is 3.41. The predicted octanol–water partition coefficient (Wildman–Crippen LogP) is 2.40. The van der Waals surface area contributed by atoms with Gasteiger partial charge in [0.25, 0.3) is 5.91 Å². The Balaban J connectivity index is 1.31. The highest BCUT2D eigenvalue weighted by atomic mass is 32.2. The van der Waals surface area contributed by atoms with Crippen LogP contribution in [0, 0.1) is 0 Å². The number of pyridine rings is 2. The molecule has 136 valence electrons. The fourth-order valence-electron chi connectivity index (χ4n) is 3.50. The lowest BCUT2D eigenvalue weighted by Gasteiger charge is -2.47. The minimum absolute atomic E-state index is 0.0117. The summed E-state index contributed by atoms with van der Waals surface area (Å²) < 4.78 is 11.4. The lowest BCUT2D eigenvalue weighted by molar-refractivity contribution is 0.0254. The molecule has 1 spiro atoms. The molecule has 0 aromatic carbocycles. The second kappa shape index (κ2) is 7.25. The molecule has 6 nitrogen and oxygen atoms in total. The van der Waals surface area contributed by atoms with Gasteiger partial charge in [-0.05, 0) is 36.2 Å². The van der Waals surface area contributed by atoms with Gasteiger partial charge >= 0.3 is 0 Å². The minimum Gasteiger partial charge on any atom is -0.480 e. The summed E-state index contributed by atoms with van der Waals surface area (Å²) in [5, 5.41) is 0. The molecule has 0 radical (unpaired) electrons. The van der Waals surface area contributed by atoms with Gasteiger partial charge in [0, 0.05) is 37.4 Å². The van der Waals surface area contributed by atoms with E-state index in [2.05, 4.69) is 9.97 Å². The summed E-state index contributed by atoms with van der Waals surface area (Å²) in [6, 6.07) is 7.48. The summed E-state index contributed by atoms with van der Waals surface area (Å²) in [6.07, 6.45) is 6.41. The molecule has 26 heavy (non-hydrogen) atoms. The Kier molecular flexibility index (Phi) is 4.82. The average Bonchev–Trinajstić information content (AvgIpc) is 3.10. The summed E-state index contributed by atoms with van der Waals surface area (Å²) in [5.41, 5.74) is 1.67. The summed E-state index contributed by atoms with van der Waals surface area (Å²) >= 11 is 1.92. The molecule has 2 aromatic rings. The van der Waals surface area contributed by atoms with Gasteiger partial charge in [-0.3, -0.25) is 9.78 Å². The number of amides is 1. The van der Waals surface area contributed by atoms with Gasteiger partial charge in [0.05, 0.1) is 24.6 Å². The molecule has 4 heterocycles. The number of thioether (sulfide) groups is 1. The Hall–Kier alpha value is -2.12. The Labute approximate surface area is 156 Å². The zero-order valence-electron chi connectivity index (χ0n) is 14.6. The van der Waals surface area contributed by atoms with Crippen molar-refractivity contribution < 1.29 is 14.3 Å². The highest BCUT2D eigenvalue weighted by Crippen LogP contribution is 2.46. The number of rotatable bonds is 5. The topological polar surface area (TPSA) is 64.5 Å². The molecule has 1 atom stereocenters. The summed E-state index contributed by atoms with van der Waals surface area (Å²) in [7, 11) is 1.54. The van der Waals surface area contributed by atoms with Crippen LogP contribution >= 0.6 is 11.8 Å². The lowest BCUT2D eigenvalue weighted by Crippen LogP contribution is -2.60. The van der Waals surface area contributed by atoms with E-state index in [-0.39, 0.29) is 16.8 Å². The number of hydrogen-bond acceptors (Lipinski definition) is 6. The van der Waals surface area contributed by atoms with Gasteiger partial charge in [-0.2, -0.15) is 0 Å². The molecule has 2 aliphatic heterocycles. The van der Waals surface area contributed by atoms with Crippen LogP contribution in [-0.4, -0.2) is 57.6 Å². The van der Waals surface area contributed by atoms with E-state index >= 15 is 0 Å². The largest absolute Gasteiger partial charge is 0.480 e. The normalized spacial score (nSPS) is 20.8. The Morgan fingerprint density at radius 2 is 2.12 bits per heavy atom. The molecule has 7 heteroatoms. The Bertz CT molecular complexity index is 781. The van der Waals surface area contributed by atoms with Crippen LogP contribution in [0.5, 0.6) is 5.88 Å². The molecule has 2 saturated heterocycles. The fraction of sp³-hybridized carbons (Fsp3) is 0.421. The van der Waals surface area contributed by atoms with Gasteiger partial charge in [-0.1, -0.05) is 0 Å². The van der Waals surface area contributed by atoms with Crippen LogP contribution < -0.4 is 4.74 Å². The van der Waals surface area contributed by atoms with Crippen LogP contribution in [0.1, 0.15) is 22.3 Å². The monoisotopic (exact) mass is 371 g/mol. The van der Waals surface area contributed by atoms with E-state index in [1.165, 1.54) is 7.11 Å². The van der Waals surface area contributed by atoms with E-state index in [0.717, 1.165) is 30.8 Å². The van der Waals surface area contributed by atoms with Gasteiger partial charge in [-0.25, -0.2) is 4.98 Å². The molecule has 2 aliphatic rings. The highest BCUT2D eigenvalue weighted by Gasteiger charge is 2.51. The Morgan fingerprint density at radius 1 is 1.31 bits per heavy atom. The van der Waals surface area contributed by atoms with Crippen LogP contribution in [-0.2, 0) is 11.3 Å². The first-order chi connectivity index (χ1) is 12.7. The van der Waals surface area contributed by atoms with Crippen LogP contribution in [0.3, 0.4) is 0 Å². The van der Waals surface area contributed by atoms with Crippen LogP contribution in [0.25, 0.3) is 0 Å². The lowest BCUT2D eigenvalue weighted by atomic mass is 9.92. The molecular formula is C19H21N3O3S. The molecule has 0 N–H and O–H groups in total. The molecule has 0 aliphatic carbocycles. The first-order valence-electron chi connectivity index (χ1n) is 8.62.